The zero-order valence-corrected chi connectivity index (χ0v) is 11.0. The van der Waals surface area contributed by atoms with Gasteiger partial charge in [-0.15, -0.1) is 11.3 Å². The summed E-state index contributed by atoms with van der Waals surface area (Å²) in [5.41, 5.74) is 1.24. The van der Waals surface area contributed by atoms with E-state index in [9.17, 15) is 4.79 Å². The number of amides is 1. The number of rotatable bonds is 1. The highest BCUT2D eigenvalue weighted by molar-refractivity contribution is 7.10. The lowest BCUT2D eigenvalue weighted by atomic mass is 10.1. The van der Waals surface area contributed by atoms with Crippen LogP contribution in [0.5, 0.6) is 0 Å². The SMILES string of the molecule is Cc1nc(Cl)nc2c1NC(=O)C(c1cccs1)N2. The first-order valence-corrected chi connectivity index (χ1v) is 6.56. The highest BCUT2D eigenvalue weighted by Gasteiger charge is 2.30. The number of hydrogen-bond donors (Lipinski definition) is 2. The van der Waals surface area contributed by atoms with E-state index < -0.39 is 6.04 Å². The number of halogens is 1. The second-order valence-electron chi connectivity index (χ2n) is 3.88. The van der Waals surface area contributed by atoms with Crippen molar-refractivity contribution in [3.8, 4) is 0 Å². The molecule has 0 fully saturated rings. The van der Waals surface area contributed by atoms with Crippen molar-refractivity contribution in [3.05, 3.63) is 33.4 Å². The van der Waals surface area contributed by atoms with E-state index in [0.717, 1.165) is 4.88 Å². The van der Waals surface area contributed by atoms with E-state index in [4.69, 9.17) is 11.6 Å². The summed E-state index contributed by atoms with van der Waals surface area (Å²) in [6.07, 6.45) is 0. The van der Waals surface area contributed by atoms with Gasteiger partial charge < -0.3 is 10.6 Å². The minimum Gasteiger partial charge on any atom is -0.352 e. The smallest absolute Gasteiger partial charge is 0.252 e. The molecule has 92 valence electrons. The van der Waals surface area contributed by atoms with Crippen molar-refractivity contribution in [3.63, 3.8) is 0 Å². The monoisotopic (exact) mass is 280 g/mol. The first-order valence-electron chi connectivity index (χ1n) is 5.30. The van der Waals surface area contributed by atoms with Crippen molar-refractivity contribution >= 4 is 40.4 Å². The Morgan fingerprint density at radius 1 is 1.44 bits per heavy atom. The summed E-state index contributed by atoms with van der Waals surface area (Å²) in [6.45, 7) is 1.78. The molecular formula is C11H9ClN4OS. The summed E-state index contributed by atoms with van der Waals surface area (Å²) in [4.78, 5) is 21.1. The summed E-state index contributed by atoms with van der Waals surface area (Å²) < 4.78 is 0. The Labute approximate surface area is 112 Å². The van der Waals surface area contributed by atoms with E-state index in [1.807, 2.05) is 17.5 Å². The first kappa shape index (κ1) is 11.4. The number of fused-ring (bicyclic) bond motifs is 1. The third-order valence-corrected chi connectivity index (χ3v) is 3.79. The third kappa shape index (κ3) is 1.83. The van der Waals surface area contributed by atoms with Crippen molar-refractivity contribution in [1.82, 2.24) is 9.97 Å². The average Bonchev–Trinajstić information content (AvgIpc) is 2.83. The number of anilines is 2. The number of carbonyl (C=O) groups is 1. The lowest BCUT2D eigenvalue weighted by Gasteiger charge is -2.25. The lowest BCUT2D eigenvalue weighted by Crippen LogP contribution is -2.32. The average molecular weight is 281 g/mol. The maximum atomic E-state index is 12.0. The van der Waals surface area contributed by atoms with Gasteiger partial charge in [-0.3, -0.25) is 4.79 Å². The van der Waals surface area contributed by atoms with Crippen LogP contribution in [0.3, 0.4) is 0 Å². The Morgan fingerprint density at radius 3 is 3.00 bits per heavy atom. The molecule has 0 radical (unpaired) electrons. The number of hydrogen-bond acceptors (Lipinski definition) is 5. The number of nitrogens with zero attached hydrogens (tertiary/aromatic N) is 2. The van der Waals surface area contributed by atoms with Gasteiger partial charge in [0, 0.05) is 4.88 Å². The molecular weight excluding hydrogens is 272 g/mol. The van der Waals surface area contributed by atoms with E-state index in [1.54, 1.807) is 6.92 Å². The molecule has 1 aliphatic heterocycles. The molecule has 1 amide bonds. The zero-order valence-electron chi connectivity index (χ0n) is 9.40. The molecule has 0 saturated carbocycles. The number of carbonyl (C=O) groups excluding carboxylic acids is 1. The molecule has 3 heterocycles. The summed E-state index contributed by atoms with van der Waals surface area (Å²) in [6, 6.07) is 3.38. The minimum absolute atomic E-state index is 0.112. The van der Waals surface area contributed by atoms with Gasteiger partial charge in [-0.05, 0) is 30.0 Å². The van der Waals surface area contributed by atoms with Gasteiger partial charge in [0.25, 0.3) is 5.91 Å². The van der Waals surface area contributed by atoms with E-state index >= 15 is 0 Å². The summed E-state index contributed by atoms with van der Waals surface area (Å²) >= 11 is 7.34. The van der Waals surface area contributed by atoms with Gasteiger partial charge in [0.05, 0.1) is 5.69 Å². The van der Waals surface area contributed by atoms with Gasteiger partial charge in [0.1, 0.15) is 11.7 Å². The Balaban J connectivity index is 2.04. The predicted molar refractivity (Wildman–Crippen MR) is 71.1 cm³/mol. The maximum absolute atomic E-state index is 12.0. The van der Waals surface area contributed by atoms with Crippen LogP contribution in [0.15, 0.2) is 17.5 Å². The molecule has 1 unspecified atom stereocenters. The van der Waals surface area contributed by atoms with Crippen molar-refractivity contribution in [2.45, 2.75) is 13.0 Å². The Kier molecular flexibility index (Phi) is 2.68. The second kappa shape index (κ2) is 4.22. The molecule has 5 nitrogen and oxygen atoms in total. The molecule has 3 rings (SSSR count). The van der Waals surface area contributed by atoms with Gasteiger partial charge in [0.15, 0.2) is 5.82 Å². The molecule has 2 N–H and O–H groups in total. The molecule has 18 heavy (non-hydrogen) atoms. The molecule has 0 saturated heterocycles. The molecule has 7 heteroatoms. The largest absolute Gasteiger partial charge is 0.352 e. The highest BCUT2D eigenvalue weighted by atomic mass is 35.5. The van der Waals surface area contributed by atoms with Gasteiger partial charge in [0.2, 0.25) is 5.28 Å². The zero-order chi connectivity index (χ0) is 12.7. The summed E-state index contributed by atoms with van der Waals surface area (Å²) in [5, 5.41) is 8.00. The van der Waals surface area contributed by atoms with Crippen molar-refractivity contribution < 1.29 is 4.79 Å². The van der Waals surface area contributed by atoms with E-state index in [-0.39, 0.29) is 11.2 Å². The molecule has 2 aromatic heterocycles. The number of aromatic nitrogens is 2. The van der Waals surface area contributed by atoms with Crippen LogP contribution >= 0.6 is 22.9 Å². The number of thiophene rings is 1. The molecule has 2 aromatic rings. The van der Waals surface area contributed by atoms with Gasteiger partial charge in [-0.1, -0.05) is 6.07 Å². The van der Waals surface area contributed by atoms with Crippen LogP contribution in [-0.2, 0) is 4.79 Å². The molecule has 1 aliphatic rings. The summed E-state index contributed by atoms with van der Waals surface area (Å²) in [7, 11) is 0. The van der Waals surface area contributed by atoms with Crippen molar-refractivity contribution in [1.29, 1.82) is 0 Å². The van der Waals surface area contributed by atoms with Crippen LogP contribution in [0.25, 0.3) is 0 Å². The van der Waals surface area contributed by atoms with Crippen LogP contribution in [0.1, 0.15) is 16.6 Å². The first-order chi connectivity index (χ1) is 8.65. The van der Waals surface area contributed by atoms with Crippen LogP contribution in [0, 0.1) is 6.92 Å². The Hall–Kier alpha value is -1.66. The van der Waals surface area contributed by atoms with Crippen LogP contribution in [0.2, 0.25) is 5.28 Å². The molecule has 0 spiro atoms. The third-order valence-electron chi connectivity index (χ3n) is 2.68. The maximum Gasteiger partial charge on any atom is 0.252 e. The topological polar surface area (TPSA) is 66.9 Å². The fourth-order valence-electron chi connectivity index (χ4n) is 1.85. The van der Waals surface area contributed by atoms with Gasteiger partial charge in [-0.2, -0.15) is 4.98 Å². The fourth-order valence-corrected chi connectivity index (χ4v) is 2.83. The van der Waals surface area contributed by atoms with Gasteiger partial charge in [-0.25, -0.2) is 4.98 Å². The summed E-state index contributed by atoms with van der Waals surface area (Å²) in [5.74, 6) is 0.449. The lowest BCUT2D eigenvalue weighted by molar-refractivity contribution is -0.117. The van der Waals surface area contributed by atoms with Crippen molar-refractivity contribution in [2.24, 2.45) is 0 Å². The standard InChI is InChI=1S/C11H9ClN4OS/c1-5-7-9(16-11(12)13-5)14-8(10(17)15-7)6-3-2-4-18-6/h2-4,8H,1H3,(H,15,17)(H,13,14,16). The Bertz CT molecular complexity index is 614. The molecule has 1 atom stereocenters. The highest BCUT2D eigenvalue weighted by Crippen LogP contribution is 2.34. The molecule has 0 aliphatic carbocycles. The van der Waals surface area contributed by atoms with Gasteiger partial charge >= 0.3 is 0 Å². The number of nitrogens with one attached hydrogen (secondary N) is 2. The van der Waals surface area contributed by atoms with Crippen LogP contribution < -0.4 is 10.6 Å². The van der Waals surface area contributed by atoms with Crippen LogP contribution in [0.4, 0.5) is 11.5 Å². The quantitative estimate of drug-likeness (QED) is 0.788. The Morgan fingerprint density at radius 2 is 2.28 bits per heavy atom. The van der Waals surface area contributed by atoms with Crippen molar-refractivity contribution in [2.75, 3.05) is 10.6 Å². The van der Waals surface area contributed by atoms with E-state index in [0.29, 0.717) is 17.2 Å². The fraction of sp³-hybridized carbons (Fsp3) is 0.182. The van der Waals surface area contributed by atoms with E-state index in [2.05, 4.69) is 20.6 Å². The second-order valence-corrected chi connectivity index (χ2v) is 5.20. The normalized spacial score (nSPS) is 17.9. The predicted octanol–water partition coefficient (Wildman–Crippen LogP) is 2.61. The number of aryl methyl sites for hydroxylation is 1. The molecule has 0 aromatic carbocycles. The minimum atomic E-state index is -0.428. The van der Waals surface area contributed by atoms with Crippen LogP contribution in [-0.4, -0.2) is 15.9 Å². The van der Waals surface area contributed by atoms with E-state index in [1.165, 1.54) is 11.3 Å². The molecule has 0 bridgehead atoms.